The van der Waals surface area contributed by atoms with E-state index in [1.165, 1.54) is 6.42 Å². The smallest absolute Gasteiger partial charge is 0.255 e. The van der Waals surface area contributed by atoms with Crippen LogP contribution in [0.1, 0.15) is 29.6 Å². The minimum absolute atomic E-state index is 0.159. The van der Waals surface area contributed by atoms with Crippen molar-refractivity contribution in [2.45, 2.75) is 24.5 Å². The third-order valence-electron chi connectivity index (χ3n) is 3.45. The third kappa shape index (κ3) is 4.11. The molecule has 2 rings (SSSR count). The van der Waals surface area contributed by atoms with Gasteiger partial charge in [-0.05, 0) is 82.2 Å². The van der Waals surface area contributed by atoms with Crippen molar-refractivity contribution in [3.63, 3.8) is 0 Å². The van der Waals surface area contributed by atoms with Gasteiger partial charge in [-0.15, -0.1) is 0 Å². The normalized spacial score (nSPS) is 20.2. The number of halogens is 2. The monoisotopic (exact) mass is 453 g/mol. The average molecular weight is 454 g/mol. The van der Waals surface area contributed by atoms with Crippen LogP contribution in [-0.2, 0) is 0 Å². The number of hydrogen-bond donors (Lipinski definition) is 0. The standard InChI is InChI=1S/C14H17BrINOS/c1-19-11-3-2-7-17(8-6-11)14(18)12-9-10(16)4-5-13(12)15/h4-5,9,11H,2-3,6-8H2,1H3. The summed E-state index contributed by atoms with van der Waals surface area (Å²) in [5.41, 5.74) is 0.787. The number of carbonyl (C=O) groups excluding carboxylic acids is 1. The number of carbonyl (C=O) groups is 1. The Morgan fingerprint density at radius 3 is 2.95 bits per heavy atom. The van der Waals surface area contributed by atoms with Crippen LogP contribution in [0.4, 0.5) is 0 Å². The van der Waals surface area contributed by atoms with Gasteiger partial charge in [0.15, 0.2) is 0 Å². The Morgan fingerprint density at radius 2 is 2.21 bits per heavy atom. The van der Waals surface area contributed by atoms with Gasteiger partial charge in [-0.2, -0.15) is 11.8 Å². The fraction of sp³-hybridized carbons (Fsp3) is 0.500. The molecule has 1 aliphatic heterocycles. The SMILES string of the molecule is CSC1CCCN(C(=O)c2cc(I)ccc2Br)CC1. The molecular weight excluding hydrogens is 437 g/mol. The molecule has 1 unspecified atom stereocenters. The van der Waals surface area contributed by atoms with Crippen molar-refractivity contribution < 1.29 is 4.79 Å². The van der Waals surface area contributed by atoms with Crippen molar-refractivity contribution in [3.8, 4) is 0 Å². The summed E-state index contributed by atoms with van der Waals surface area (Å²) in [5.74, 6) is 0.159. The van der Waals surface area contributed by atoms with Crippen LogP contribution in [-0.4, -0.2) is 35.4 Å². The number of nitrogens with zero attached hydrogens (tertiary/aromatic N) is 1. The van der Waals surface area contributed by atoms with Crippen molar-refractivity contribution in [1.29, 1.82) is 0 Å². The fourth-order valence-corrected chi connectivity index (χ4v) is 3.99. The summed E-state index contributed by atoms with van der Waals surface area (Å²) in [7, 11) is 0. The molecule has 1 aliphatic rings. The summed E-state index contributed by atoms with van der Waals surface area (Å²) < 4.78 is 1.99. The van der Waals surface area contributed by atoms with Gasteiger partial charge in [0.25, 0.3) is 5.91 Å². The molecule has 1 amide bonds. The Kier molecular flexibility index (Phi) is 6.02. The number of amides is 1. The molecule has 2 nitrogen and oxygen atoms in total. The lowest BCUT2D eigenvalue weighted by atomic mass is 10.2. The number of hydrogen-bond acceptors (Lipinski definition) is 2. The molecule has 1 atom stereocenters. The third-order valence-corrected chi connectivity index (χ3v) is 5.96. The van der Waals surface area contributed by atoms with Gasteiger partial charge < -0.3 is 4.90 Å². The Balaban J connectivity index is 2.13. The molecule has 0 aromatic heterocycles. The number of benzene rings is 1. The highest BCUT2D eigenvalue weighted by molar-refractivity contribution is 14.1. The number of rotatable bonds is 2. The van der Waals surface area contributed by atoms with Gasteiger partial charge in [0, 0.05) is 26.4 Å². The van der Waals surface area contributed by atoms with Gasteiger partial charge >= 0.3 is 0 Å². The maximum atomic E-state index is 12.6. The zero-order chi connectivity index (χ0) is 13.8. The molecule has 104 valence electrons. The van der Waals surface area contributed by atoms with Gasteiger partial charge in [-0.3, -0.25) is 4.79 Å². The summed E-state index contributed by atoms with van der Waals surface area (Å²) in [4.78, 5) is 14.6. The minimum atomic E-state index is 0.159. The van der Waals surface area contributed by atoms with Gasteiger partial charge in [-0.1, -0.05) is 0 Å². The van der Waals surface area contributed by atoms with Crippen LogP contribution in [0.15, 0.2) is 22.7 Å². The molecule has 1 fully saturated rings. The Bertz CT molecular complexity index is 469. The fourth-order valence-electron chi connectivity index (χ4n) is 2.34. The van der Waals surface area contributed by atoms with Crippen molar-refractivity contribution in [2.24, 2.45) is 0 Å². The lowest BCUT2D eigenvalue weighted by Crippen LogP contribution is -2.32. The Morgan fingerprint density at radius 1 is 1.42 bits per heavy atom. The number of thioether (sulfide) groups is 1. The molecule has 0 aliphatic carbocycles. The second kappa shape index (κ2) is 7.31. The summed E-state index contributed by atoms with van der Waals surface area (Å²) in [6, 6.07) is 5.93. The van der Waals surface area contributed by atoms with Crippen LogP contribution in [0.3, 0.4) is 0 Å². The molecule has 1 aromatic carbocycles. The van der Waals surface area contributed by atoms with E-state index in [4.69, 9.17) is 0 Å². The van der Waals surface area contributed by atoms with Crippen molar-refractivity contribution in [2.75, 3.05) is 19.3 Å². The average Bonchev–Trinajstić information content (AvgIpc) is 2.66. The topological polar surface area (TPSA) is 20.3 Å². The van der Waals surface area contributed by atoms with Crippen LogP contribution >= 0.6 is 50.3 Å². The predicted molar refractivity (Wildman–Crippen MR) is 93.9 cm³/mol. The Hall–Kier alpha value is 0.250. The van der Waals surface area contributed by atoms with Crippen LogP contribution in [0.25, 0.3) is 0 Å². The summed E-state index contributed by atoms with van der Waals surface area (Å²) in [6.07, 6.45) is 5.60. The van der Waals surface area contributed by atoms with E-state index in [-0.39, 0.29) is 5.91 Å². The van der Waals surface area contributed by atoms with Gasteiger partial charge in [-0.25, -0.2) is 0 Å². The van der Waals surface area contributed by atoms with E-state index in [1.807, 2.05) is 34.9 Å². The van der Waals surface area contributed by atoms with E-state index < -0.39 is 0 Å². The first kappa shape index (κ1) is 15.6. The van der Waals surface area contributed by atoms with E-state index in [9.17, 15) is 4.79 Å². The second-order valence-electron chi connectivity index (χ2n) is 4.70. The second-order valence-corrected chi connectivity index (χ2v) is 7.94. The molecule has 1 aromatic rings. The van der Waals surface area contributed by atoms with E-state index >= 15 is 0 Å². The van der Waals surface area contributed by atoms with Crippen LogP contribution in [0, 0.1) is 3.57 Å². The first-order valence-corrected chi connectivity index (χ1v) is 9.55. The van der Waals surface area contributed by atoms with Crippen molar-refractivity contribution >= 4 is 56.2 Å². The van der Waals surface area contributed by atoms with Crippen molar-refractivity contribution in [1.82, 2.24) is 4.90 Å². The Labute approximate surface area is 141 Å². The summed E-state index contributed by atoms with van der Waals surface area (Å²) >= 11 is 7.66. The molecule has 0 bridgehead atoms. The summed E-state index contributed by atoms with van der Waals surface area (Å²) in [5, 5.41) is 0.706. The molecule has 0 spiro atoms. The molecule has 5 heteroatoms. The quantitative estimate of drug-likeness (QED) is 0.618. The van der Waals surface area contributed by atoms with Gasteiger partial charge in [0.1, 0.15) is 0 Å². The first-order valence-electron chi connectivity index (χ1n) is 6.39. The van der Waals surface area contributed by atoms with Crippen molar-refractivity contribution in [3.05, 3.63) is 31.8 Å². The highest BCUT2D eigenvalue weighted by atomic mass is 127. The maximum Gasteiger partial charge on any atom is 0.255 e. The minimum Gasteiger partial charge on any atom is -0.339 e. The highest BCUT2D eigenvalue weighted by Gasteiger charge is 2.22. The first-order chi connectivity index (χ1) is 9.11. The van der Waals surface area contributed by atoms with E-state index in [2.05, 4.69) is 44.8 Å². The zero-order valence-corrected chi connectivity index (χ0v) is 15.4. The molecule has 1 heterocycles. The zero-order valence-electron chi connectivity index (χ0n) is 10.9. The molecule has 1 saturated heterocycles. The van der Waals surface area contributed by atoms with E-state index in [0.29, 0.717) is 5.25 Å². The molecular formula is C14H17BrINOS. The summed E-state index contributed by atoms with van der Waals surface area (Å²) in [6.45, 7) is 1.76. The van der Waals surface area contributed by atoms with E-state index in [0.717, 1.165) is 39.5 Å². The van der Waals surface area contributed by atoms with Crippen LogP contribution < -0.4 is 0 Å². The molecule has 0 radical (unpaired) electrons. The molecule has 0 N–H and O–H groups in total. The highest BCUT2D eigenvalue weighted by Crippen LogP contribution is 2.25. The lowest BCUT2D eigenvalue weighted by Gasteiger charge is -2.21. The van der Waals surface area contributed by atoms with Crippen LogP contribution in [0.2, 0.25) is 0 Å². The molecule has 0 saturated carbocycles. The maximum absolute atomic E-state index is 12.6. The lowest BCUT2D eigenvalue weighted by molar-refractivity contribution is 0.0761. The van der Waals surface area contributed by atoms with E-state index in [1.54, 1.807) is 0 Å². The number of likely N-dealkylation sites (tertiary alicyclic amines) is 1. The molecule has 19 heavy (non-hydrogen) atoms. The predicted octanol–water partition coefficient (Wildman–Crippen LogP) is 4.41. The largest absolute Gasteiger partial charge is 0.339 e. The van der Waals surface area contributed by atoms with Gasteiger partial charge in [0.2, 0.25) is 0 Å². The van der Waals surface area contributed by atoms with Crippen LogP contribution in [0.5, 0.6) is 0 Å². The van der Waals surface area contributed by atoms with Gasteiger partial charge in [0.05, 0.1) is 5.56 Å².